The van der Waals surface area contributed by atoms with Crippen molar-refractivity contribution in [3.8, 4) is 22.5 Å². The van der Waals surface area contributed by atoms with Gasteiger partial charge in [0.2, 0.25) is 0 Å². The second kappa shape index (κ2) is 5.37. The van der Waals surface area contributed by atoms with E-state index in [1.165, 1.54) is 5.56 Å². The Morgan fingerprint density at radius 2 is 1.81 bits per heavy atom. The van der Waals surface area contributed by atoms with Crippen LogP contribution in [-0.2, 0) is 0 Å². The highest BCUT2D eigenvalue weighted by Gasteiger charge is 2.19. The van der Waals surface area contributed by atoms with Crippen LogP contribution in [0.2, 0.25) is 0 Å². The number of nitrogens with zero attached hydrogens (tertiary/aromatic N) is 1. The number of nitrogen functional groups attached to an aromatic ring is 1. The summed E-state index contributed by atoms with van der Waals surface area (Å²) >= 11 is 3.57. The van der Waals surface area contributed by atoms with E-state index >= 15 is 0 Å². The van der Waals surface area contributed by atoms with E-state index in [0.717, 1.165) is 26.7 Å². The van der Waals surface area contributed by atoms with Crippen LogP contribution >= 0.6 is 15.9 Å². The van der Waals surface area contributed by atoms with Crippen molar-refractivity contribution in [3.63, 3.8) is 0 Å². The highest BCUT2D eigenvalue weighted by Crippen LogP contribution is 2.40. The normalized spacial score (nSPS) is 10.8. The molecule has 1 aromatic heterocycles. The molecule has 0 radical (unpaired) electrons. The molecule has 106 valence electrons. The minimum absolute atomic E-state index is 0.406. The highest BCUT2D eigenvalue weighted by molar-refractivity contribution is 9.10. The third kappa shape index (κ3) is 2.59. The summed E-state index contributed by atoms with van der Waals surface area (Å²) in [7, 11) is 0. The Bertz CT molecular complexity index is 808. The van der Waals surface area contributed by atoms with E-state index in [4.69, 9.17) is 10.3 Å². The molecule has 21 heavy (non-hydrogen) atoms. The molecule has 0 bridgehead atoms. The molecule has 2 aromatic carbocycles. The summed E-state index contributed by atoms with van der Waals surface area (Å²) in [4.78, 5) is 0. The molecule has 1 heterocycles. The van der Waals surface area contributed by atoms with Gasteiger partial charge in [-0.05, 0) is 31.5 Å². The molecule has 0 aliphatic heterocycles. The van der Waals surface area contributed by atoms with E-state index in [1.54, 1.807) is 0 Å². The molecule has 0 aliphatic rings. The summed E-state index contributed by atoms with van der Waals surface area (Å²) in [6.45, 7) is 4.09. The minimum Gasteiger partial charge on any atom is -0.380 e. The predicted molar refractivity (Wildman–Crippen MR) is 89.0 cm³/mol. The molecule has 3 nitrogen and oxygen atoms in total. The summed E-state index contributed by atoms with van der Waals surface area (Å²) < 4.78 is 6.46. The zero-order chi connectivity index (χ0) is 15.0. The number of hydrogen-bond acceptors (Lipinski definition) is 3. The van der Waals surface area contributed by atoms with Crippen molar-refractivity contribution in [2.45, 2.75) is 13.8 Å². The van der Waals surface area contributed by atoms with Crippen molar-refractivity contribution in [3.05, 3.63) is 58.1 Å². The molecule has 0 saturated heterocycles. The van der Waals surface area contributed by atoms with E-state index < -0.39 is 0 Å². The summed E-state index contributed by atoms with van der Waals surface area (Å²) in [6, 6.07) is 14.3. The van der Waals surface area contributed by atoms with Crippen LogP contribution in [0.15, 0.2) is 51.5 Å². The average molecular weight is 343 g/mol. The molecular weight excluding hydrogens is 328 g/mol. The molecule has 0 amide bonds. The van der Waals surface area contributed by atoms with Gasteiger partial charge in [0.1, 0.15) is 0 Å². The van der Waals surface area contributed by atoms with Gasteiger partial charge in [-0.1, -0.05) is 62.5 Å². The molecule has 2 N–H and O–H groups in total. The predicted octanol–water partition coefficient (Wildman–Crippen LogP) is 4.97. The summed E-state index contributed by atoms with van der Waals surface area (Å²) in [5, 5.41) is 3.95. The standard InChI is InChI=1S/C17H15BrN2O/c1-10-4-3-5-12(8-10)15-16(21-20-17(15)19)13-9-11(2)6-7-14(13)18/h3-9H,1-2H3,(H2,19,20). The quantitative estimate of drug-likeness (QED) is 0.715. The Balaban J connectivity index is 2.24. The third-order valence-electron chi connectivity index (χ3n) is 3.39. The maximum atomic E-state index is 6.03. The first-order chi connectivity index (χ1) is 10.1. The van der Waals surface area contributed by atoms with Gasteiger partial charge < -0.3 is 10.3 Å². The SMILES string of the molecule is Cc1cccc(-c2c(N)noc2-c2cc(C)ccc2Br)c1. The van der Waals surface area contributed by atoms with Crippen LogP contribution in [0.4, 0.5) is 5.82 Å². The maximum Gasteiger partial charge on any atom is 0.178 e. The fourth-order valence-corrected chi connectivity index (χ4v) is 2.81. The number of rotatable bonds is 2. The van der Waals surface area contributed by atoms with Gasteiger partial charge in [0.05, 0.1) is 5.56 Å². The molecule has 4 heteroatoms. The van der Waals surface area contributed by atoms with E-state index in [1.807, 2.05) is 31.2 Å². The van der Waals surface area contributed by atoms with Gasteiger partial charge in [0.15, 0.2) is 11.6 Å². The summed E-state index contributed by atoms with van der Waals surface area (Å²) in [5.74, 6) is 1.10. The lowest BCUT2D eigenvalue weighted by molar-refractivity contribution is 0.436. The van der Waals surface area contributed by atoms with Gasteiger partial charge in [-0.25, -0.2) is 0 Å². The Morgan fingerprint density at radius 3 is 2.57 bits per heavy atom. The van der Waals surface area contributed by atoms with Crippen LogP contribution < -0.4 is 5.73 Å². The zero-order valence-electron chi connectivity index (χ0n) is 11.9. The monoisotopic (exact) mass is 342 g/mol. The Labute approximate surface area is 131 Å². The lowest BCUT2D eigenvalue weighted by atomic mass is 9.99. The van der Waals surface area contributed by atoms with Crippen molar-refractivity contribution in [1.82, 2.24) is 5.16 Å². The van der Waals surface area contributed by atoms with Crippen LogP contribution in [0.25, 0.3) is 22.5 Å². The number of nitrogens with two attached hydrogens (primary N) is 1. The molecule has 0 saturated carbocycles. The molecule has 0 aliphatic carbocycles. The Kier molecular flexibility index (Phi) is 3.55. The smallest absolute Gasteiger partial charge is 0.178 e. The first-order valence-electron chi connectivity index (χ1n) is 6.65. The average Bonchev–Trinajstić information content (AvgIpc) is 2.83. The molecule has 0 fully saturated rings. The van der Waals surface area contributed by atoms with E-state index in [0.29, 0.717) is 11.6 Å². The number of halogens is 1. The van der Waals surface area contributed by atoms with Crippen LogP contribution in [-0.4, -0.2) is 5.16 Å². The Morgan fingerprint density at radius 1 is 1.05 bits per heavy atom. The van der Waals surface area contributed by atoms with Crippen molar-refractivity contribution in [1.29, 1.82) is 0 Å². The fraction of sp³-hybridized carbons (Fsp3) is 0.118. The van der Waals surface area contributed by atoms with Crippen LogP contribution in [0.3, 0.4) is 0 Å². The fourth-order valence-electron chi connectivity index (χ4n) is 2.38. The second-order valence-corrected chi connectivity index (χ2v) is 5.98. The van der Waals surface area contributed by atoms with Gasteiger partial charge in [0.25, 0.3) is 0 Å². The largest absolute Gasteiger partial charge is 0.380 e. The minimum atomic E-state index is 0.406. The van der Waals surface area contributed by atoms with Gasteiger partial charge in [-0.15, -0.1) is 0 Å². The Hall–Kier alpha value is -2.07. The van der Waals surface area contributed by atoms with Crippen LogP contribution in [0.1, 0.15) is 11.1 Å². The first-order valence-corrected chi connectivity index (χ1v) is 7.44. The molecule has 0 spiro atoms. The highest BCUT2D eigenvalue weighted by atomic mass is 79.9. The first kappa shape index (κ1) is 13.9. The van der Waals surface area contributed by atoms with Gasteiger partial charge >= 0.3 is 0 Å². The number of aryl methyl sites for hydroxylation is 2. The van der Waals surface area contributed by atoms with Crippen molar-refractivity contribution in [2.75, 3.05) is 5.73 Å². The molecular formula is C17H15BrN2O. The van der Waals surface area contributed by atoms with E-state index in [2.05, 4.69) is 46.2 Å². The van der Waals surface area contributed by atoms with Gasteiger partial charge in [-0.2, -0.15) is 0 Å². The number of aromatic nitrogens is 1. The number of anilines is 1. The van der Waals surface area contributed by atoms with Crippen molar-refractivity contribution in [2.24, 2.45) is 0 Å². The lowest BCUT2D eigenvalue weighted by Gasteiger charge is -2.06. The molecule has 0 unspecified atom stereocenters. The zero-order valence-corrected chi connectivity index (χ0v) is 13.4. The molecule has 3 aromatic rings. The summed E-state index contributed by atoms with van der Waals surface area (Å²) in [6.07, 6.45) is 0. The maximum absolute atomic E-state index is 6.03. The van der Waals surface area contributed by atoms with Crippen LogP contribution in [0, 0.1) is 13.8 Å². The van der Waals surface area contributed by atoms with E-state index in [9.17, 15) is 0 Å². The topological polar surface area (TPSA) is 52.0 Å². The van der Waals surface area contributed by atoms with Crippen LogP contribution in [0.5, 0.6) is 0 Å². The van der Waals surface area contributed by atoms with Crippen molar-refractivity contribution >= 4 is 21.7 Å². The second-order valence-electron chi connectivity index (χ2n) is 5.12. The molecule has 0 atom stereocenters. The number of benzene rings is 2. The van der Waals surface area contributed by atoms with Gasteiger partial charge in [-0.3, -0.25) is 0 Å². The number of hydrogen-bond donors (Lipinski definition) is 1. The van der Waals surface area contributed by atoms with Crippen molar-refractivity contribution < 1.29 is 4.52 Å². The van der Waals surface area contributed by atoms with Gasteiger partial charge in [0, 0.05) is 10.0 Å². The summed E-state index contributed by atoms with van der Waals surface area (Å²) in [5.41, 5.74) is 11.2. The molecule has 3 rings (SSSR count). The lowest BCUT2D eigenvalue weighted by Crippen LogP contribution is -1.90. The third-order valence-corrected chi connectivity index (χ3v) is 4.08. The van der Waals surface area contributed by atoms with E-state index in [-0.39, 0.29) is 0 Å².